The number of ether oxygens (including phenoxy) is 1. The Morgan fingerprint density at radius 3 is 3.04 bits per heavy atom. The highest BCUT2D eigenvalue weighted by Crippen LogP contribution is 2.34. The summed E-state index contributed by atoms with van der Waals surface area (Å²) in [6.07, 6.45) is 2.56. The van der Waals surface area contributed by atoms with Crippen molar-refractivity contribution >= 4 is 44.1 Å². The van der Waals surface area contributed by atoms with Crippen molar-refractivity contribution in [2.45, 2.75) is 0 Å². The van der Waals surface area contributed by atoms with Gasteiger partial charge >= 0.3 is 4.87 Å². The van der Waals surface area contributed by atoms with Crippen LogP contribution in [0.2, 0.25) is 0 Å². The molecule has 0 fully saturated rings. The highest BCUT2D eigenvalue weighted by atomic mass is 32.1. The molecule has 0 unspecified atom stereocenters. The molecule has 3 heterocycles. The second kappa shape index (κ2) is 5.06. The van der Waals surface area contributed by atoms with Crippen LogP contribution in [-0.4, -0.2) is 27.0 Å². The number of methoxy groups -OCH3 is 1. The van der Waals surface area contributed by atoms with Gasteiger partial charge in [-0.2, -0.15) is 0 Å². The van der Waals surface area contributed by atoms with Crippen molar-refractivity contribution in [3.05, 3.63) is 40.1 Å². The zero-order chi connectivity index (χ0) is 16.0. The van der Waals surface area contributed by atoms with Gasteiger partial charge in [-0.3, -0.25) is 4.79 Å². The molecule has 0 bridgehead atoms. The number of hydrogen-bond acceptors (Lipinski definition) is 6. The van der Waals surface area contributed by atoms with Gasteiger partial charge in [-0.05, 0) is 6.07 Å². The minimum atomic E-state index is -0.450. The van der Waals surface area contributed by atoms with Crippen LogP contribution in [0.4, 0.5) is 15.9 Å². The van der Waals surface area contributed by atoms with E-state index >= 15 is 0 Å². The van der Waals surface area contributed by atoms with Gasteiger partial charge < -0.3 is 20.0 Å². The van der Waals surface area contributed by atoms with E-state index in [1.54, 1.807) is 12.1 Å². The molecule has 0 spiro atoms. The summed E-state index contributed by atoms with van der Waals surface area (Å²) < 4.78 is 20.0. The summed E-state index contributed by atoms with van der Waals surface area (Å²) in [4.78, 5) is 24.8. The molecule has 0 saturated heterocycles. The van der Waals surface area contributed by atoms with Gasteiger partial charge in [0.05, 0.1) is 28.4 Å². The van der Waals surface area contributed by atoms with Gasteiger partial charge in [0, 0.05) is 12.3 Å². The van der Waals surface area contributed by atoms with E-state index in [0.29, 0.717) is 28.4 Å². The molecule has 23 heavy (non-hydrogen) atoms. The molecule has 3 aromatic heterocycles. The summed E-state index contributed by atoms with van der Waals surface area (Å²) in [5, 5.41) is 3.31. The van der Waals surface area contributed by atoms with Crippen molar-refractivity contribution in [2.24, 2.45) is 0 Å². The second-order valence-electron chi connectivity index (χ2n) is 4.77. The van der Waals surface area contributed by atoms with Gasteiger partial charge in [-0.15, -0.1) is 0 Å². The maximum Gasteiger partial charge on any atom is 0.305 e. The second-order valence-corrected chi connectivity index (χ2v) is 5.79. The Kier molecular flexibility index (Phi) is 3.01. The standard InChI is InChI=1S/C14H10FN5O2S/c1-22-9-2-8-10(23-14(21)20-8)3-7(9)19-13-11-6(15)4-16-12(11)17-5-18-13/h2-5H,1H3,(H,20,21)(H2,16,17,18,19). The van der Waals surface area contributed by atoms with Gasteiger partial charge in [-0.25, -0.2) is 14.4 Å². The molecule has 0 atom stereocenters. The average molecular weight is 331 g/mol. The predicted octanol–water partition coefficient (Wildman–Crippen LogP) is 2.75. The Morgan fingerprint density at radius 2 is 2.22 bits per heavy atom. The zero-order valence-electron chi connectivity index (χ0n) is 11.8. The van der Waals surface area contributed by atoms with E-state index in [9.17, 15) is 9.18 Å². The number of H-pyrrole nitrogens is 2. The number of aromatic amines is 2. The molecule has 7 nitrogen and oxygen atoms in total. The van der Waals surface area contributed by atoms with Crippen LogP contribution in [0, 0.1) is 5.82 Å². The molecule has 4 rings (SSSR count). The summed E-state index contributed by atoms with van der Waals surface area (Å²) in [6, 6.07) is 3.47. The minimum Gasteiger partial charge on any atom is -0.494 e. The number of rotatable bonds is 3. The van der Waals surface area contributed by atoms with Crippen molar-refractivity contribution in [3.63, 3.8) is 0 Å². The minimum absolute atomic E-state index is 0.152. The average Bonchev–Trinajstić information content (AvgIpc) is 3.09. The van der Waals surface area contributed by atoms with Crippen LogP contribution in [0.25, 0.3) is 21.3 Å². The van der Waals surface area contributed by atoms with Gasteiger partial charge in [0.25, 0.3) is 0 Å². The lowest BCUT2D eigenvalue weighted by Crippen LogP contribution is -1.98. The van der Waals surface area contributed by atoms with E-state index in [-0.39, 0.29) is 10.3 Å². The maximum atomic E-state index is 13.9. The number of hydrogen-bond donors (Lipinski definition) is 3. The largest absolute Gasteiger partial charge is 0.494 e. The van der Waals surface area contributed by atoms with Gasteiger partial charge in [-0.1, -0.05) is 11.3 Å². The lowest BCUT2D eigenvalue weighted by atomic mass is 10.2. The fourth-order valence-electron chi connectivity index (χ4n) is 2.39. The summed E-state index contributed by atoms with van der Waals surface area (Å²) in [5.74, 6) is 0.373. The summed E-state index contributed by atoms with van der Waals surface area (Å²) in [7, 11) is 1.52. The molecular weight excluding hydrogens is 321 g/mol. The zero-order valence-corrected chi connectivity index (χ0v) is 12.6. The van der Waals surface area contributed by atoms with Gasteiger partial charge in [0.15, 0.2) is 5.82 Å². The number of aromatic nitrogens is 4. The molecule has 0 radical (unpaired) electrons. The molecule has 4 aromatic rings. The summed E-state index contributed by atoms with van der Waals surface area (Å²) in [6.45, 7) is 0. The van der Waals surface area contributed by atoms with Crippen LogP contribution in [0.3, 0.4) is 0 Å². The van der Waals surface area contributed by atoms with E-state index in [0.717, 1.165) is 16.0 Å². The third-order valence-electron chi connectivity index (χ3n) is 3.42. The van der Waals surface area contributed by atoms with Crippen molar-refractivity contribution in [3.8, 4) is 5.75 Å². The van der Waals surface area contributed by atoms with E-state index in [2.05, 4.69) is 25.3 Å². The van der Waals surface area contributed by atoms with Crippen molar-refractivity contribution < 1.29 is 9.13 Å². The molecule has 1 aromatic carbocycles. The number of nitrogens with zero attached hydrogens (tertiary/aromatic N) is 2. The monoisotopic (exact) mass is 331 g/mol. The quantitative estimate of drug-likeness (QED) is 0.536. The summed E-state index contributed by atoms with van der Waals surface area (Å²) in [5.41, 5.74) is 1.66. The first-order chi connectivity index (χ1) is 11.2. The Labute approximate surface area is 132 Å². The summed E-state index contributed by atoms with van der Waals surface area (Å²) >= 11 is 1.08. The predicted molar refractivity (Wildman–Crippen MR) is 86.1 cm³/mol. The normalized spacial score (nSPS) is 11.2. The van der Waals surface area contributed by atoms with Crippen molar-refractivity contribution in [1.82, 2.24) is 19.9 Å². The fraction of sp³-hybridized carbons (Fsp3) is 0.0714. The van der Waals surface area contributed by atoms with Gasteiger partial charge in [0.1, 0.15) is 23.5 Å². The maximum absolute atomic E-state index is 13.9. The van der Waals surface area contributed by atoms with E-state index in [4.69, 9.17) is 4.74 Å². The van der Waals surface area contributed by atoms with Crippen LogP contribution in [0.5, 0.6) is 5.75 Å². The molecule has 0 aliphatic rings. The number of thiazole rings is 1. The van der Waals surface area contributed by atoms with Crippen molar-refractivity contribution in [2.75, 3.05) is 12.4 Å². The molecule has 3 N–H and O–H groups in total. The molecule has 116 valence electrons. The Morgan fingerprint density at radius 1 is 1.35 bits per heavy atom. The number of halogens is 1. The molecule has 0 aliphatic heterocycles. The highest BCUT2D eigenvalue weighted by molar-refractivity contribution is 7.16. The van der Waals surface area contributed by atoms with E-state index in [1.165, 1.54) is 19.6 Å². The fourth-order valence-corrected chi connectivity index (χ4v) is 3.15. The highest BCUT2D eigenvalue weighted by Gasteiger charge is 2.14. The Balaban J connectivity index is 1.88. The topological polar surface area (TPSA) is 95.7 Å². The van der Waals surface area contributed by atoms with Crippen LogP contribution in [-0.2, 0) is 0 Å². The third kappa shape index (κ3) is 2.21. The first-order valence-corrected chi connectivity index (χ1v) is 7.43. The Hall–Kier alpha value is -2.94. The third-order valence-corrected chi connectivity index (χ3v) is 4.26. The van der Waals surface area contributed by atoms with Crippen LogP contribution in [0.1, 0.15) is 0 Å². The molecule has 9 heteroatoms. The first kappa shape index (κ1) is 13.7. The molecule has 0 saturated carbocycles. The number of fused-ring (bicyclic) bond motifs is 2. The van der Waals surface area contributed by atoms with Gasteiger partial charge in [0.2, 0.25) is 0 Å². The van der Waals surface area contributed by atoms with Crippen LogP contribution < -0.4 is 14.9 Å². The number of nitrogens with one attached hydrogen (secondary N) is 3. The lowest BCUT2D eigenvalue weighted by Gasteiger charge is -2.11. The molecule has 0 amide bonds. The number of anilines is 2. The number of benzene rings is 1. The van der Waals surface area contributed by atoms with Crippen LogP contribution >= 0.6 is 11.3 Å². The van der Waals surface area contributed by atoms with Crippen molar-refractivity contribution in [1.29, 1.82) is 0 Å². The SMILES string of the molecule is COc1cc2[nH]c(=O)sc2cc1Nc1ncnc2[nH]cc(F)c12. The smallest absolute Gasteiger partial charge is 0.305 e. The van der Waals surface area contributed by atoms with E-state index in [1.807, 2.05) is 0 Å². The molecular formula is C14H10FN5O2S. The Bertz CT molecular complexity index is 1080. The lowest BCUT2D eigenvalue weighted by molar-refractivity contribution is 0.417. The first-order valence-electron chi connectivity index (χ1n) is 6.61. The van der Waals surface area contributed by atoms with Crippen LogP contribution in [0.15, 0.2) is 29.5 Å². The molecule has 0 aliphatic carbocycles. The van der Waals surface area contributed by atoms with E-state index < -0.39 is 5.82 Å².